The van der Waals surface area contributed by atoms with E-state index >= 15 is 0 Å². The molecule has 0 N–H and O–H groups in total. The summed E-state index contributed by atoms with van der Waals surface area (Å²) in [6.07, 6.45) is 16.5. The molecule has 174 valence electrons. The topological polar surface area (TPSA) is 17.1 Å². The lowest BCUT2D eigenvalue weighted by molar-refractivity contribution is -0.118. The number of allylic oxidation sites excluding steroid dienone is 3. The number of hydrogen-bond acceptors (Lipinski definition) is 1. The van der Waals surface area contributed by atoms with Crippen molar-refractivity contribution in [2.24, 2.45) is 52.3 Å². The largest absolute Gasteiger partial charge is 0.295 e. The van der Waals surface area contributed by atoms with Gasteiger partial charge in [0.25, 0.3) is 0 Å². The van der Waals surface area contributed by atoms with Gasteiger partial charge in [0, 0.05) is 6.42 Å². The van der Waals surface area contributed by atoms with Crippen LogP contribution in [0.1, 0.15) is 106 Å². The quantitative estimate of drug-likeness (QED) is 0.405. The molecule has 0 saturated heterocycles. The number of fused-ring (bicyclic) bond motifs is 5. The Labute approximate surface area is 192 Å². The number of hydrogen-bond donors (Lipinski definition) is 0. The Balaban J connectivity index is 1.54. The Morgan fingerprint density at radius 1 is 0.968 bits per heavy atom. The van der Waals surface area contributed by atoms with Crippen LogP contribution < -0.4 is 0 Å². The van der Waals surface area contributed by atoms with Gasteiger partial charge in [-0.05, 0) is 116 Å². The Kier molecular flexibility index (Phi) is 6.39. The van der Waals surface area contributed by atoms with Crippen molar-refractivity contribution in [2.75, 3.05) is 0 Å². The first-order valence-electron chi connectivity index (χ1n) is 13.5. The molecule has 0 aliphatic heterocycles. The van der Waals surface area contributed by atoms with Gasteiger partial charge < -0.3 is 0 Å². The van der Waals surface area contributed by atoms with E-state index in [2.05, 4.69) is 60.6 Å². The molecule has 0 spiro atoms. The summed E-state index contributed by atoms with van der Waals surface area (Å²) in [5.41, 5.74) is 3.51. The van der Waals surface area contributed by atoms with Gasteiger partial charge in [-0.25, -0.2) is 0 Å². The van der Waals surface area contributed by atoms with E-state index in [1.165, 1.54) is 44.9 Å². The fourth-order valence-electron chi connectivity index (χ4n) is 9.17. The van der Waals surface area contributed by atoms with E-state index in [-0.39, 0.29) is 0 Å². The summed E-state index contributed by atoms with van der Waals surface area (Å²) >= 11 is 0. The van der Waals surface area contributed by atoms with Crippen LogP contribution in [-0.2, 0) is 4.79 Å². The van der Waals surface area contributed by atoms with Crippen LogP contribution in [0.15, 0.2) is 23.3 Å². The number of ketones is 1. The molecule has 31 heavy (non-hydrogen) atoms. The zero-order valence-corrected chi connectivity index (χ0v) is 21.5. The van der Waals surface area contributed by atoms with Gasteiger partial charge in [0.05, 0.1) is 0 Å². The normalized spacial score (nSPS) is 42.5. The lowest BCUT2D eigenvalue weighted by atomic mass is 9.46. The second-order valence-electron chi connectivity index (χ2n) is 12.6. The average molecular weight is 425 g/mol. The van der Waals surface area contributed by atoms with E-state index in [1.54, 1.807) is 5.57 Å². The van der Waals surface area contributed by atoms with Crippen LogP contribution in [-0.4, -0.2) is 5.78 Å². The Hall–Kier alpha value is -0.850. The number of carbonyl (C=O) groups is 1. The van der Waals surface area contributed by atoms with Crippen molar-refractivity contribution in [3.05, 3.63) is 23.3 Å². The predicted octanol–water partition coefficient (Wildman–Crippen LogP) is 8.40. The first kappa shape index (κ1) is 23.3. The SMILES string of the molecule is CC[C@H](C=C[C@@H](C)[C@H]1CC[C@H]2[C@@H]3CCC4=C(C)C(=O)CC[C@]4(C)[C@H]3CC[C@]12C)C(C)C. The molecule has 0 aromatic heterocycles. The van der Waals surface area contributed by atoms with E-state index < -0.39 is 0 Å². The second kappa shape index (κ2) is 8.49. The smallest absolute Gasteiger partial charge is 0.158 e. The lowest BCUT2D eigenvalue weighted by Crippen LogP contribution is -2.51. The lowest BCUT2D eigenvalue weighted by Gasteiger charge is -2.59. The van der Waals surface area contributed by atoms with Crippen LogP contribution in [0.5, 0.6) is 0 Å². The van der Waals surface area contributed by atoms with Gasteiger partial charge in [0.2, 0.25) is 0 Å². The van der Waals surface area contributed by atoms with Gasteiger partial charge in [0.15, 0.2) is 5.78 Å². The third-order valence-electron chi connectivity index (χ3n) is 11.1. The highest BCUT2D eigenvalue weighted by Gasteiger charge is 2.59. The Morgan fingerprint density at radius 3 is 2.39 bits per heavy atom. The highest BCUT2D eigenvalue weighted by Crippen LogP contribution is 2.67. The summed E-state index contributed by atoms with van der Waals surface area (Å²) < 4.78 is 0. The van der Waals surface area contributed by atoms with E-state index in [4.69, 9.17) is 0 Å². The maximum atomic E-state index is 12.4. The molecule has 1 nitrogen and oxygen atoms in total. The highest BCUT2D eigenvalue weighted by molar-refractivity contribution is 5.96. The maximum absolute atomic E-state index is 12.4. The van der Waals surface area contributed by atoms with Crippen molar-refractivity contribution in [3.8, 4) is 0 Å². The fraction of sp³-hybridized carbons (Fsp3) is 0.833. The standard InChI is InChI=1S/C30H48O/c1-8-22(19(2)3)10-9-20(4)24-13-14-26-23-11-12-25-21(5)28(31)16-18-30(25,7)27(23)15-17-29(24,26)6/h9-10,19-20,22-24,26-27H,8,11-18H2,1-7H3/t20-,22-,23+,24-,26+,27+,29-,30+/m1/s1. The van der Waals surface area contributed by atoms with Crippen molar-refractivity contribution in [2.45, 2.75) is 106 Å². The molecule has 3 saturated carbocycles. The molecule has 1 heteroatoms. The van der Waals surface area contributed by atoms with Crippen molar-refractivity contribution in [3.63, 3.8) is 0 Å². The van der Waals surface area contributed by atoms with E-state index in [9.17, 15) is 4.79 Å². The van der Waals surface area contributed by atoms with E-state index in [1.807, 2.05) is 0 Å². The third-order valence-corrected chi connectivity index (χ3v) is 11.1. The third kappa shape index (κ3) is 3.71. The summed E-state index contributed by atoms with van der Waals surface area (Å²) in [5.74, 6) is 6.04. The first-order chi connectivity index (χ1) is 14.6. The molecule has 4 rings (SSSR count). The van der Waals surface area contributed by atoms with Crippen LogP contribution >= 0.6 is 0 Å². The van der Waals surface area contributed by atoms with Gasteiger partial charge >= 0.3 is 0 Å². The summed E-state index contributed by atoms with van der Waals surface area (Å²) in [5, 5.41) is 0. The predicted molar refractivity (Wildman–Crippen MR) is 132 cm³/mol. The molecule has 0 radical (unpaired) electrons. The number of carbonyl (C=O) groups excluding carboxylic acids is 1. The van der Waals surface area contributed by atoms with Gasteiger partial charge in [0.1, 0.15) is 0 Å². The first-order valence-corrected chi connectivity index (χ1v) is 13.5. The fourth-order valence-corrected chi connectivity index (χ4v) is 9.17. The van der Waals surface area contributed by atoms with Crippen molar-refractivity contribution in [1.29, 1.82) is 0 Å². The van der Waals surface area contributed by atoms with Gasteiger partial charge in [-0.2, -0.15) is 0 Å². The maximum Gasteiger partial charge on any atom is 0.158 e. The molecule has 0 bridgehead atoms. The molecule has 0 aromatic carbocycles. The molecule has 0 aromatic rings. The molecule has 0 amide bonds. The monoisotopic (exact) mass is 424 g/mol. The van der Waals surface area contributed by atoms with Crippen molar-refractivity contribution in [1.82, 2.24) is 0 Å². The van der Waals surface area contributed by atoms with Gasteiger partial charge in [-0.3, -0.25) is 4.79 Å². The number of Topliss-reactive ketones (excluding diaryl/α,β-unsaturated/α-hetero) is 1. The summed E-state index contributed by atoms with van der Waals surface area (Å²) in [7, 11) is 0. The van der Waals surface area contributed by atoms with E-state index in [0.29, 0.717) is 22.5 Å². The van der Waals surface area contributed by atoms with Crippen LogP contribution in [0, 0.1) is 52.3 Å². The molecule has 8 atom stereocenters. The molecule has 0 heterocycles. The van der Waals surface area contributed by atoms with E-state index in [0.717, 1.165) is 53.9 Å². The zero-order chi connectivity index (χ0) is 22.6. The Morgan fingerprint density at radius 2 is 1.71 bits per heavy atom. The van der Waals surface area contributed by atoms with Crippen LogP contribution in [0.4, 0.5) is 0 Å². The second-order valence-corrected chi connectivity index (χ2v) is 12.6. The van der Waals surface area contributed by atoms with Crippen LogP contribution in [0.25, 0.3) is 0 Å². The molecule has 4 aliphatic rings. The molecule has 3 fully saturated rings. The minimum absolute atomic E-state index is 0.303. The Bertz CT molecular complexity index is 756. The van der Waals surface area contributed by atoms with Crippen LogP contribution in [0.3, 0.4) is 0 Å². The summed E-state index contributed by atoms with van der Waals surface area (Å²) in [6, 6.07) is 0. The minimum Gasteiger partial charge on any atom is -0.295 e. The molecule has 0 unspecified atom stereocenters. The van der Waals surface area contributed by atoms with Crippen molar-refractivity contribution >= 4 is 5.78 Å². The molecular weight excluding hydrogens is 376 g/mol. The number of rotatable bonds is 5. The summed E-state index contributed by atoms with van der Waals surface area (Å²) in [4.78, 5) is 12.4. The highest BCUT2D eigenvalue weighted by atomic mass is 16.1. The summed E-state index contributed by atoms with van der Waals surface area (Å²) in [6.45, 7) is 16.9. The molecule has 4 aliphatic carbocycles. The zero-order valence-electron chi connectivity index (χ0n) is 21.5. The van der Waals surface area contributed by atoms with Gasteiger partial charge in [-0.1, -0.05) is 59.3 Å². The van der Waals surface area contributed by atoms with Gasteiger partial charge in [-0.15, -0.1) is 0 Å². The minimum atomic E-state index is 0.303. The average Bonchev–Trinajstić information content (AvgIpc) is 3.08. The van der Waals surface area contributed by atoms with Crippen LogP contribution in [0.2, 0.25) is 0 Å². The molecular formula is C30H48O. The van der Waals surface area contributed by atoms with Crippen molar-refractivity contribution < 1.29 is 4.79 Å².